The number of hydrogen-bond acceptors (Lipinski definition) is 4. The van der Waals surface area contributed by atoms with Gasteiger partial charge in [0.05, 0.1) is 11.2 Å². The van der Waals surface area contributed by atoms with Crippen LogP contribution in [-0.2, 0) is 6.54 Å². The first kappa shape index (κ1) is 15.7. The van der Waals surface area contributed by atoms with Gasteiger partial charge in [0.15, 0.2) is 0 Å². The number of nitrogens with one attached hydrogen (secondary N) is 1. The van der Waals surface area contributed by atoms with Crippen LogP contribution in [0.1, 0.15) is 0 Å². The van der Waals surface area contributed by atoms with Crippen molar-refractivity contribution < 1.29 is 13.2 Å². The fourth-order valence-electron chi connectivity index (χ4n) is 1.17. The SMILES string of the molecule is C#CCn1ncc(Cl)c(NCCSC(F)(F)F)c1=O. The van der Waals surface area contributed by atoms with Crippen LogP contribution in [0.3, 0.4) is 0 Å². The van der Waals surface area contributed by atoms with Gasteiger partial charge in [-0.2, -0.15) is 18.3 Å². The van der Waals surface area contributed by atoms with Crippen molar-refractivity contribution in [3.8, 4) is 12.3 Å². The number of halogens is 4. The van der Waals surface area contributed by atoms with E-state index in [9.17, 15) is 18.0 Å². The fourth-order valence-corrected chi connectivity index (χ4v) is 1.80. The van der Waals surface area contributed by atoms with Gasteiger partial charge in [0.2, 0.25) is 0 Å². The van der Waals surface area contributed by atoms with Crippen molar-refractivity contribution in [1.82, 2.24) is 9.78 Å². The van der Waals surface area contributed by atoms with E-state index in [1.165, 1.54) is 6.20 Å². The lowest BCUT2D eigenvalue weighted by atomic mass is 10.4. The molecule has 0 radical (unpaired) electrons. The lowest BCUT2D eigenvalue weighted by molar-refractivity contribution is -0.0327. The standard InChI is InChI=1S/C10H9ClF3N3OS/c1-2-4-17-9(18)8(7(11)6-16-17)15-3-5-19-10(12,13)14/h1,6,15H,3-5H2. The maximum Gasteiger partial charge on any atom is 0.441 e. The minimum Gasteiger partial charge on any atom is -0.378 e. The predicted molar refractivity (Wildman–Crippen MR) is 69.3 cm³/mol. The lowest BCUT2D eigenvalue weighted by Gasteiger charge is -2.10. The number of hydrogen-bond donors (Lipinski definition) is 1. The van der Waals surface area contributed by atoms with Crippen molar-refractivity contribution in [1.29, 1.82) is 0 Å². The summed E-state index contributed by atoms with van der Waals surface area (Å²) in [6.07, 6.45) is 6.26. The summed E-state index contributed by atoms with van der Waals surface area (Å²) in [6.45, 7) is -0.0960. The van der Waals surface area contributed by atoms with E-state index in [0.29, 0.717) is 0 Å². The molecular formula is C10H9ClF3N3OS. The Morgan fingerprint density at radius 1 is 1.58 bits per heavy atom. The minimum atomic E-state index is -4.30. The van der Waals surface area contributed by atoms with Gasteiger partial charge < -0.3 is 5.32 Å². The van der Waals surface area contributed by atoms with Crippen molar-refractivity contribution in [2.24, 2.45) is 0 Å². The molecule has 0 saturated heterocycles. The molecule has 4 nitrogen and oxygen atoms in total. The minimum absolute atomic E-state index is 0.00492. The van der Waals surface area contributed by atoms with Crippen LogP contribution in [0.25, 0.3) is 0 Å². The fraction of sp³-hybridized carbons (Fsp3) is 0.400. The molecule has 1 heterocycles. The van der Waals surface area contributed by atoms with E-state index >= 15 is 0 Å². The van der Waals surface area contributed by atoms with E-state index in [2.05, 4.69) is 16.3 Å². The Kier molecular flexibility index (Phi) is 5.57. The van der Waals surface area contributed by atoms with Gasteiger partial charge in [0.25, 0.3) is 5.56 Å². The number of anilines is 1. The number of alkyl halides is 3. The number of rotatable bonds is 5. The Balaban J connectivity index is 2.71. The third-order valence-corrected chi connectivity index (χ3v) is 2.93. The second-order valence-electron chi connectivity index (χ2n) is 3.26. The summed E-state index contributed by atoms with van der Waals surface area (Å²) >= 11 is 5.57. The Morgan fingerprint density at radius 2 is 2.26 bits per heavy atom. The van der Waals surface area contributed by atoms with E-state index in [1.807, 2.05) is 0 Å². The molecule has 0 aliphatic heterocycles. The van der Waals surface area contributed by atoms with Crippen molar-refractivity contribution in [2.75, 3.05) is 17.6 Å². The van der Waals surface area contributed by atoms with Gasteiger partial charge in [0.1, 0.15) is 12.2 Å². The summed E-state index contributed by atoms with van der Waals surface area (Å²) in [5, 5.41) is 6.30. The summed E-state index contributed by atoms with van der Waals surface area (Å²) < 4.78 is 36.7. The highest BCUT2D eigenvalue weighted by atomic mass is 35.5. The van der Waals surface area contributed by atoms with Crippen molar-refractivity contribution in [3.63, 3.8) is 0 Å². The van der Waals surface area contributed by atoms with Gasteiger partial charge in [-0.1, -0.05) is 17.5 Å². The van der Waals surface area contributed by atoms with Crippen molar-refractivity contribution in [2.45, 2.75) is 12.1 Å². The first-order valence-corrected chi connectivity index (χ1v) is 6.35. The highest BCUT2D eigenvalue weighted by Crippen LogP contribution is 2.29. The van der Waals surface area contributed by atoms with Crippen molar-refractivity contribution in [3.05, 3.63) is 21.6 Å². The Labute approximate surface area is 116 Å². The average molecular weight is 312 g/mol. The molecule has 0 aliphatic carbocycles. The van der Waals surface area contributed by atoms with Crippen LogP contribution in [0.5, 0.6) is 0 Å². The molecule has 0 amide bonds. The molecule has 0 fully saturated rings. The summed E-state index contributed by atoms with van der Waals surface area (Å²) in [5.41, 5.74) is -4.87. The van der Waals surface area contributed by atoms with Gasteiger partial charge in [-0.3, -0.25) is 4.79 Å². The number of nitrogens with zero attached hydrogens (tertiary/aromatic N) is 2. The molecule has 0 bridgehead atoms. The van der Waals surface area contributed by atoms with Crippen LogP contribution in [0.2, 0.25) is 5.02 Å². The summed E-state index contributed by atoms with van der Waals surface area (Å²) in [5.74, 6) is 2.00. The Morgan fingerprint density at radius 3 is 2.84 bits per heavy atom. The smallest absolute Gasteiger partial charge is 0.378 e. The van der Waals surface area contributed by atoms with E-state index in [-0.39, 0.29) is 41.3 Å². The van der Waals surface area contributed by atoms with Crippen LogP contribution < -0.4 is 10.9 Å². The van der Waals surface area contributed by atoms with E-state index < -0.39 is 11.1 Å². The quantitative estimate of drug-likeness (QED) is 0.669. The maximum absolute atomic E-state index is 11.9. The summed E-state index contributed by atoms with van der Waals surface area (Å²) in [4.78, 5) is 11.8. The van der Waals surface area contributed by atoms with Crippen molar-refractivity contribution >= 4 is 29.1 Å². The molecule has 1 N–H and O–H groups in total. The maximum atomic E-state index is 11.9. The molecule has 0 aromatic carbocycles. The van der Waals surface area contributed by atoms with Gasteiger partial charge in [-0.25, -0.2) is 4.68 Å². The summed E-state index contributed by atoms with van der Waals surface area (Å²) in [6, 6.07) is 0. The monoisotopic (exact) mass is 311 g/mol. The van der Waals surface area contributed by atoms with Gasteiger partial charge >= 0.3 is 5.51 Å². The molecule has 0 aliphatic rings. The zero-order chi connectivity index (χ0) is 14.5. The Hall–Kier alpha value is -1.33. The molecule has 0 atom stereocenters. The van der Waals surface area contributed by atoms with Gasteiger partial charge in [-0.05, 0) is 11.8 Å². The van der Waals surface area contributed by atoms with E-state index in [4.69, 9.17) is 18.0 Å². The zero-order valence-corrected chi connectivity index (χ0v) is 11.1. The molecular weight excluding hydrogens is 303 g/mol. The van der Waals surface area contributed by atoms with E-state index in [0.717, 1.165) is 4.68 Å². The molecule has 0 unspecified atom stereocenters. The molecule has 104 valence electrons. The second-order valence-corrected chi connectivity index (χ2v) is 4.82. The van der Waals surface area contributed by atoms with Crippen LogP contribution in [0.15, 0.2) is 11.0 Å². The van der Waals surface area contributed by atoms with Crippen LogP contribution in [0, 0.1) is 12.3 Å². The number of thioether (sulfide) groups is 1. The van der Waals surface area contributed by atoms with Crippen LogP contribution in [-0.4, -0.2) is 27.6 Å². The first-order valence-electron chi connectivity index (χ1n) is 4.99. The lowest BCUT2D eigenvalue weighted by Crippen LogP contribution is -2.26. The second kappa shape index (κ2) is 6.73. The molecule has 9 heteroatoms. The molecule has 1 aromatic rings. The Bertz CT molecular complexity index is 538. The molecule has 0 spiro atoms. The summed E-state index contributed by atoms with van der Waals surface area (Å²) in [7, 11) is 0. The zero-order valence-electron chi connectivity index (χ0n) is 9.50. The number of terminal acetylenes is 1. The molecule has 1 rings (SSSR count). The third kappa shape index (κ3) is 5.04. The largest absolute Gasteiger partial charge is 0.441 e. The highest BCUT2D eigenvalue weighted by Gasteiger charge is 2.27. The normalized spacial score (nSPS) is 11.1. The molecule has 1 aromatic heterocycles. The van der Waals surface area contributed by atoms with Crippen LogP contribution in [0.4, 0.5) is 18.9 Å². The van der Waals surface area contributed by atoms with Gasteiger partial charge in [0, 0.05) is 12.3 Å². The molecule has 0 saturated carbocycles. The molecule has 19 heavy (non-hydrogen) atoms. The third-order valence-electron chi connectivity index (χ3n) is 1.91. The van der Waals surface area contributed by atoms with Gasteiger partial charge in [-0.15, -0.1) is 6.42 Å². The topological polar surface area (TPSA) is 46.9 Å². The van der Waals surface area contributed by atoms with E-state index in [1.54, 1.807) is 0 Å². The first-order chi connectivity index (χ1) is 8.85. The number of aromatic nitrogens is 2. The average Bonchev–Trinajstić information content (AvgIpc) is 2.30. The highest BCUT2D eigenvalue weighted by molar-refractivity contribution is 8.00. The predicted octanol–water partition coefficient (Wildman–Crippen LogP) is 2.19. The van der Waals surface area contributed by atoms with Crippen LogP contribution >= 0.6 is 23.4 Å².